The van der Waals surface area contributed by atoms with E-state index in [9.17, 15) is 4.79 Å². The van der Waals surface area contributed by atoms with E-state index in [1.807, 2.05) is 29.6 Å². The summed E-state index contributed by atoms with van der Waals surface area (Å²) in [7, 11) is 0. The third-order valence-electron chi connectivity index (χ3n) is 2.86. The van der Waals surface area contributed by atoms with Gasteiger partial charge >= 0.3 is 0 Å². The summed E-state index contributed by atoms with van der Waals surface area (Å²) in [6.45, 7) is 0.658. The molecule has 0 saturated carbocycles. The predicted octanol–water partition coefficient (Wildman–Crippen LogP) is 3.09. The molecule has 0 atom stereocenters. The molecule has 100 valence electrons. The average Bonchev–Trinajstić information content (AvgIpc) is 2.81. The van der Waals surface area contributed by atoms with Crippen LogP contribution in [0.25, 0.3) is 10.1 Å². The lowest BCUT2D eigenvalue weighted by Gasteiger charge is -2.04. The third-order valence-corrected chi connectivity index (χ3v) is 4.03. The molecule has 1 amide bonds. The minimum atomic E-state index is -0.00669. The number of hydrogen-bond acceptors (Lipinski definition) is 3. The van der Waals surface area contributed by atoms with E-state index >= 15 is 0 Å². The molecule has 0 saturated heterocycles. The standard InChI is InChI=1S/C14H16N2OS2/c15-13(18)7-3-4-8-16-14(17)11-9-19-12-6-2-1-5-10(11)12/h1-2,5-6,9H,3-4,7-8H2,(H2,15,18)(H,16,17). The molecule has 0 aliphatic heterocycles. The van der Waals surface area contributed by atoms with Crippen LogP contribution in [0.5, 0.6) is 0 Å². The Kier molecular flexibility index (Phi) is 4.87. The van der Waals surface area contributed by atoms with Crippen LogP contribution in [0.1, 0.15) is 29.6 Å². The van der Waals surface area contributed by atoms with Crippen LogP contribution < -0.4 is 11.1 Å². The third kappa shape index (κ3) is 3.75. The molecule has 2 aromatic rings. The summed E-state index contributed by atoms with van der Waals surface area (Å²) >= 11 is 6.40. The molecule has 0 radical (unpaired) electrons. The molecule has 0 fully saturated rings. The van der Waals surface area contributed by atoms with E-state index in [-0.39, 0.29) is 5.91 Å². The number of unbranched alkanes of at least 4 members (excludes halogenated alkanes) is 1. The Labute approximate surface area is 121 Å². The molecule has 19 heavy (non-hydrogen) atoms. The number of carbonyl (C=O) groups excluding carboxylic acids is 1. The fourth-order valence-corrected chi connectivity index (χ4v) is 2.96. The van der Waals surface area contributed by atoms with Gasteiger partial charge in [0.05, 0.1) is 10.6 Å². The smallest absolute Gasteiger partial charge is 0.252 e. The highest BCUT2D eigenvalue weighted by atomic mass is 32.1. The van der Waals surface area contributed by atoms with E-state index in [1.54, 1.807) is 11.3 Å². The molecule has 1 aromatic heterocycles. The van der Waals surface area contributed by atoms with Crippen molar-refractivity contribution in [3.63, 3.8) is 0 Å². The SMILES string of the molecule is NC(=S)CCCCNC(=O)c1csc2ccccc12. The van der Waals surface area contributed by atoms with Gasteiger partial charge in [-0.25, -0.2) is 0 Å². The van der Waals surface area contributed by atoms with Gasteiger partial charge in [0.2, 0.25) is 0 Å². The van der Waals surface area contributed by atoms with Gasteiger partial charge in [-0.15, -0.1) is 11.3 Å². The quantitative estimate of drug-likeness (QED) is 0.635. The van der Waals surface area contributed by atoms with Crippen LogP contribution in [0.3, 0.4) is 0 Å². The lowest BCUT2D eigenvalue weighted by molar-refractivity contribution is 0.0955. The lowest BCUT2D eigenvalue weighted by Crippen LogP contribution is -2.24. The first-order valence-corrected chi connectivity index (χ1v) is 7.50. The van der Waals surface area contributed by atoms with E-state index in [1.165, 1.54) is 0 Å². The minimum Gasteiger partial charge on any atom is -0.393 e. The van der Waals surface area contributed by atoms with E-state index in [4.69, 9.17) is 18.0 Å². The highest BCUT2D eigenvalue weighted by Crippen LogP contribution is 2.25. The summed E-state index contributed by atoms with van der Waals surface area (Å²) in [4.78, 5) is 12.6. The Morgan fingerprint density at radius 3 is 2.89 bits per heavy atom. The molecule has 0 unspecified atom stereocenters. The van der Waals surface area contributed by atoms with Crippen LogP contribution in [-0.2, 0) is 0 Å². The van der Waals surface area contributed by atoms with Crippen LogP contribution in [0.4, 0.5) is 0 Å². The molecule has 0 aliphatic carbocycles. The molecule has 0 aliphatic rings. The largest absolute Gasteiger partial charge is 0.393 e. The maximum atomic E-state index is 12.1. The maximum absolute atomic E-state index is 12.1. The van der Waals surface area contributed by atoms with Gasteiger partial charge in [0, 0.05) is 22.0 Å². The molecule has 1 heterocycles. The van der Waals surface area contributed by atoms with E-state index in [2.05, 4.69) is 5.32 Å². The molecule has 2 rings (SSSR count). The van der Waals surface area contributed by atoms with E-state index in [0.29, 0.717) is 11.5 Å². The monoisotopic (exact) mass is 292 g/mol. The van der Waals surface area contributed by atoms with Gasteiger partial charge < -0.3 is 11.1 Å². The summed E-state index contributed by atoms with van der Waals surface area (Å²) in [6.07, 6.45) is 2.55. The first-order chi connectivity index (χ1) is 9.18. The number of nitrogens with two attached hydrogens (primary N) is 1. The highest BCUT2D eigenvalue weighted by molar-refractivity contribution is 7.80. The molecule has 3 nitrogen and oxygen atoms in total. The number of thiophene rings is 1. The zero-order chi connectivity index (χ0) is 13.7. The van der Waals surface area contributed by atoms with Crippen molar-refractivity contribution in [3.8, 4) is 0 Å². The van der Waals surface area contributed by atoms with Gasteiger partial charge in [0.25, 0.3) is 5.91 Å². The topological polar surface area (TPSA) is 55.1 Å². The zero-order valence-electron chi connectivity index (χ0n) is 10.5. The zero-order valence-corrected chi connectivity index (χ0v) is 12.2. The predicted molar refractivity (Wildman–Crippen MR) is 84.8 cm³/mol. The number of benzene rings is 1. The van der Waals surface area contributed by atoms with Crippen LogP contribution >= 0.6 is 23.6 Å². The number of nitrogens with one attached hydrogen (secondary N) is 1. The van der Waals surface area contributed by atoms with Gasteiger partial charge in [-0.1, -0.05) is 30.4 Å². The Hall–Kier alpha value is -1.46. The second-order valence-electron chi connectivity index (χ2n) is 4.32. The number of rotatable bonds is 6. The normalized spacial score (nSPS) is 10.5. The van der Waals surface area contributed by atoms with Crippen molar-refractivity contribution >= 4 is 44.5 Å². The number of fused-ring (bicyclic) bond motifs is 1. The van der Waals surface area contributed by atoms with Crippen LogP contribution in [0, 0.1) is 0 Å². The van der Waals surface area contributed by atoms with Crippen molar-refractivity contribution in [2.45, 2.75) is 19.3 Å². The van der Waals surface area contributed by atoms with Crippen molar-refractivity contribution in [2.24, 2.45) is 5.73 Å². The number of hydrogen-bond donors (Lipinski definition) is 2. The lowest BCUT2D eigenvalue weighted by atomic mass is 10.1. The van der Waals surface area contributed by atoms with Crippen molar-refractivity contribution < 1.29 is 4.79 Å². The van der Waals surface area contributed by atoms with E-state index < -0.39 is 0 Å². The van der Waals surface area contributed by atoms with E-state index in [0.717, 1.165) is 34.9 Å². The van der Waals surface area contributed by atoms with Crippen LogP contribution in [0.2, 0.25) is 0 Å². The van der Waals surface area contributed by atoms with Crippen LogP contribution in [0.15, 0.2) is 29.6 Å². The average molecular weight is 292 g/mol. The Morgan fingerprint density at radius 2 is 2.11 bits per heavy atom. The summed E-state index contributed by atoms with van der Waals surface area (Å²) in [5, 5.41) is 5.87. The van der Waals surface area contributed by atoms with Gasteiger partial charge in [0.1, 0.15) is 0 Å². The first kappa shape index (κ1) is 14.0. The Morgan fingerprint density at radius 1 is 1.32 bits per heavy atom. The van der Waals surface area contributed by atoms with Crippen LogP contribution in [-0.4, -0.2) is 17.4 Å². The van der Waals surface area contributed by atoms with Gasteiger partial charge in [-0.3, -0.25) is 4.79 Å². The Balaban J connectivity index is 1.88. The van der Waals surface area contributed by atoms with Gasteiger partial charge in [-0.05, 0) is 25.3 Å². The highest BCUT2D eigenvalue weighted by Gasteiger charge is 2.10. The minimum absolute atomic E-state index is 0.00669. The summed E-state index contributed by atoms with van der Waals surface area (Å²) < 4.78 is 1.14. The summed E-state index contributed by atoms with van der Waals surface area (Å²) in [5.74, 6) is -0.00669. The fraction of sp³-hybridized carbons (Fsp3) is 0.286. The molecule has 1 aromatic carbocycles. The van der Waals surface area contributed by atoms with Gasteiger partial charge in [-0.2, -0.15) is 0 Å². The molecular weight excluding hydrogens is 276 g/mol. The summed E-state index contributed by atoms with van der Waals surface area (Å²) in [6, 6.07) is 7.94. The number of thiocarbonyl (C=S) groups is 1. The molecule has 0 spiro atoms. The second-order valence-corrected chi connectivity index (χ2v) is 5.76. The second kappa shape index (κ2) is 6.63. The van der Waals surface area contributed by atoms with Crippen molar-refractivity contribution in [2.75, 3.05) is 6.54 Å². The molecular formula is C14H16N2OS2. The van der Waals surface area contributed by atoms with Crippen molar-refractivity contribution in [3.05, 3.63) is 35.2 Å². The van der Waals surface area contributed by atoms with Crippen molar-refractivity contribution in [1.29, 1.82) is 0 Å². The number of amides is 1. The molecule has 3 N–H and O–H groups in total. The summed E-state index contributed by atoms with van der Waals surface area (Å²) in [5.41, 5.74) is 6.18. The first-order valence-electron chi connectivity index (χ1n) is 6.21. The molecule has 5 heteroatoms. The number of carbonyl (C=O) groups is 1. The Bertz CT molecular complexity index is 592. The molecule has 0 bridgehead atoms. The fourth-order valence-electron chi connectivity index (χ4n) is 1.88. The maximum Gasteiger partial charge on any atom is 0.252 e. The van der Waals surface area contributed by atoms with Gasteiger partial charge in [0.15, 0.2) is 0 Å². The van der Waals surface area contributed by atoms with Crippen molar-refractivity contribution in [1.82, 2.24) is 5.32 Å².